The summed E-state index contributed by atoms with van der Waals surface area (Å²) in [6, 6.07) is 3.71. The summed E-state index contributed by atoms with van der Waals surface area (Å²) in [5, 5.41) is 10.1. The fourth-order valence-electron chi connectivity index (χ4n) is 1.73. The topological polar surface area (TPSA) is 84.0 Å². The molecule has 0 aromatic carbocycles. The lowest BCUT2D eigenvalue weighted by molar-refractivity contribution is -0.114. The number of carbonyl (C=O) groups excluding carboxylic acids is 2. The van der Waals surface area contributed by atoms with Crippen molar-refractivity contribution in [1.82, 2.24) is 9.97 Å². The molecule has 3 aromatic heterocycles. The Morgan fingerprint density at radius 1 is 1.12 bits per heavy atom. The van der Waals surface area contributed by atoms with Crippen molar-refractivity contribution in [2.45, 2.75) is 0 Å². The molecule has 130 valence electrons. The molecule has 25 heavy (non-hydrogen) atoms. The number of nitrogens with one attached hydrogen (secondary N) is 2. The van der Waals surface area contributed by atoms with Crippen LogP contribution in [-0.4, -0.2) is 33.3 Å². The van der Waals surface area contributed by atoms with Crippen molar-refractivity contribution in [3.05, 3.63) is 33.4 Å². The second kappa shape index (κ2) is 8.77. The van der Waals surface area contributed by atoms with E-state index >= 15 is 0 Å². The van der Waals surface area contributed by atoms with E-state index in [1.807, 2.05) is 17.5 Å². The molecule has 3 rings (SSSR count). The second-order valence-electron chi connectivity index (χ2n) is 4.57. The van der Waals surface area contributed by atoms with Crippen LogP contribution in [0.3, 0.4) is 0 Å². The van der Waals surface area contributed by atoms with Crippen molar-refractivity contribution in [3.63, 3.8) is 0 Å². The van der Waals surface area contributed by atoms with Crippen molar-refractivity contribution in [2.24, 2.45) is 0 Å². The normalized spacial score (nSPS) is 10.6. The van der Waals surface area contributed by atoms with Gasteiger partial charge in [-0.05, 0) is 12.1 Å². The Bertz CT molecular complexity index is 862. The van der Waals surface area contributed by atoms with Gasteiger partial charge in [-0.25, -0.2) is 9.97 Å². The molecule has 0 saturated carbocycles. The van der Waals surface area contributed by atoms with Crippen LogP contribution in [0.15, 0.2) is 29.1 Å². The van der Waals surface area contributed by atoms with Gasteiger partial charge in [0.25, 0.3) is 0 Å². The SMILES string of the molecule is O=C(CSCC(=O)Nc1nc(-c2ccc(Cl)s2)cs1)Nc1nccs1. The predicted octanol–water partition coefficient (Wildman–Crippen LogP) is 4.29. The first kappa shape index (κ1) is 18.3. The van der Waals surface area contributed by atoms with Crippen LogP contribution < -0.4 is 10.6 Å². The van der Waals surface area contributed by atoms with Crippen LogP contribution in [0.5, 0.6) is 0 Å². The van der Waals surface area contributed by atoms with E-state index in [2.05, 4.69) is 20.6 Å². The van der Waals surface area contributed by atoms with Crippen LogP contribution >= 0.6 is 57.4 Å². The molecular formula is C14H11ClN4O2S4. The van der Waals surface area contributed by atoms with Gasteiger partial charge in [0.05, 0.1) is 26.4 Å². The van der Waals surface area contributed by atoms with E-state index in [0.717, 1.165) is 10.6 Å². The van der Waals surface area contributed by atoms with Crippen molar-refractivity contribution < 1.29 is 9.59 Å². The minimum Gasteiger partial charge on any atom is -0.301 e. The first-order valence-electron chi connectivity index (χ1n) is 6.88. The summed E-state index contributed by atoms with van der Waals surface area (Å²) in [4.78, 5) is 32.9. The number of hydrogen-bond acceptors (Lipinski definition) is 8. The summed E-state index contributed by atoms with van der Waals surface area (Å²) in [5.74, 6) is -0.0227. The third kappa shape index (κ3) is 5.51. The molecule has 0 bridgehead atoms. The Labute approximate surface area is 164 Å². The molecule has 6 nitrogen and oxygen atoms in total. The van der Waals surface area contributed by atoms with Crippen molar-refractivity contribution >= 4 is 79.5 Å². The summed E-state index contributed by atoms with van der Waals surface area (Å²) in [5.41, 5.74) is 0.785. The molecule has 0 atom stereocenters. The standard InChI is InChI=1S/C14H11ClN4O2S4/c15-10-2-1-9(25-10)8-5-24-14(17-8)19-12(21)7-22-6-11(20)18-13-16-3-4-23-13/h1-5H,6-7H2,(H,16,18,20)(H,17,19,21). The third-order valence-electron chi connectivity index (χ3n) is 2.72. The summed E-state index contributed by atoms with van der Waals surface area (Å²) in [6.45, 7) is 0. The highest BCUT2D eigenvalue weighted by molar-refractivity contribution is 8.00. The van der Waals surface area contributed by atoms with E-state index in [4.69, 9.17) is 11.6 Å². The highest BCUT2D eigenvalue weighted by atomic mass is 35.5. The summed E-state index contributed by atoms with van der Waals surface area (Å²) in [6.07, 6.45) is 1.62. The smallest absolute Gasteiger partial charge is 0.236 e. The number of thiophene rings is 1. The number of thiazole rings is 2. The van der Waals surface area contributed by atoms with Crippen molar-refractivity contribution in [2.75, 3.05) is 22.1 Å². The first-order valence-corrected chi connectivity index (χ1v) is 11.0. The zero-order chi connectivity index (χ0) is 17.6. The summed E-state index contributed by atoms with van der Waals surface area (Å²) < 4.78 is 0.695. The van der Waals surface area contributed by atoms with Gasteiger partial charge in [0.1, 0.15) is 0 Å². The number of hydrogen-bond donors (Lipinski definition) is 2. The fraction of sp³-hybridized carbons (Fsp3) is 0.143. The molecule has 0 unspecified atom stereocenters. The lowest BCUT2D eigenvalue weighted by Gasteiger charge is -2.02. The average Bonchev–Trinajstić information content (AvgIpc) is 3.29. The molecule has 0 saturated heterocycles. The number of nitrogens with zero attached hydrogens (tertiary/aromatic N) is 2. The first-order chi connectivity index (χ1) is 12.1. The van der Waals surface area contributed by atoms with Crippen LogP contribution in [0, 0.1) is 0 Å². The third-order valence-corrected chi connectivity index (χ3v) is 6.35. The zero-order valence-corrected chi connectivity index (χ0v) is 16.5. The molecule has 3 aromatic rings. The average molecular weight is 431 g/mol. The Morgan fingerprint density at radius 3 is 2.52 bits per heavy atom. The number of amides is 2. The molecule has 0 aliphatic rings. The molecule has 0 spiro atoms. The van der Waals surface area contributed by atoms with Gasteiger partial charge in [-0.1, -0.05) is 11.6 Å². The van der Waals surface area contributed by atoms with Gasteiger partial charge in [0, 0.05) is 17.0 Å². The van der Waals surface area contributed by atoms with Gasteiger partial charge >= 0.3 is 0 Å². The maximum atomic E-state index is 11.9. The van der Waals surface area contributed by atoms with E-state index < -0.39 is 0 Å². The number of rotatable bonds is 7. The van der Waals surface area contributed by atoms with Crippen LogP contribution in [-0.2, 0) is 9.59 Å². The van der Waals surface area contributed by atoms with E-state index in [-0.39, 0.29) is 23.3 Å². The quantitative estimate of drug-likeness (QED) is 0.584. The maximum absolute atomic E-state index is 11.9. The Kier molecular flexibility index (Phi) is 6.43. The van der Waals surface area contributed by atoms with E-state index in [9.17, 15) is 9.59 Å². The van der Waals surface area contributed by atoms with Gasteiger partial charge in [-0.15, -0.1) is 45.8 Å². The van der Waals surface area contributed by atoms with Crippen LogP contribution in [0.4, 0.5) is 10.3 Å². The molecule has 0 aliphatic heterocycles. The summed E-state index contributed by atoms with van der Waals surface area (Å²) >= 11 is 11.3. The zero-order valence-electron chi connectivity index (χ0n) is 12.5. The van der Waals surface area contributed by atoms with E-state index in [1.165, 1.54) is 45.8 Å². The molecule has 3 heterocycles. The summed E-state index contributed by atoms with van der Waals surface area (Å²) in [7, 11) is 0. The molecule has 11 heteroatoms. The van der Waals surface area contributed by atoms with Gasteiger partial charge in [0.2, 0.25) is 11.8 Å². The Hall–Kier alpha value is -1.46. The number of anilines is 2. The van der Waals surface area contributed by atoms with Gasteiger partial charge < -0.3 is 10.6 Å². The van der Waals surface area contributed by atoms with Crippen LogP contribution in [0.25, 0.3) is 10.6 Å². The molecule has 2 amide bonds. The lowest BCUT2D eigenvalue weighted by Crippen LogP contribution is -2.18. The molecule has 2 N–H and O–H groups in total. The van der Waals surface area contributed by atoms with Crippen LogP contribution in [0.1, 0.15) is 0 Å². The Balaban J connectivity index is 1.42. The monoisotopic (exact) mass is 430 g/mol. The molecule has 0 radical (unpaired) electrons. The highest BCUT2D eigenvalue weighted by Crippen LogP contribution is 2.32. The van der Waals surface area contributed by atoms with Crippen LogP contribution in [0.2, 0.25) is 4.34 Å². The largest absolute Gasteiger partial charge is 0.301 e. The highest BCUT2D eigenvalue weighted by Gasteiger charge is 2.11. The number of halogens is 1. The van der Waals surface area contributed by atoms with Crippen molar-refractivity contribution in [1.29, 1.82) is 0 Å². The minimum absolute atomic E-state index is 0.172. The molecule has 0 aliphatic carbocycles. The lowest BCUT2D eigenvalue weighted by atomic mass is 10.4. The maximum Gasteiger partial charge on any atom is 0.236 e. The van der Waals surface area contributed by atoms with Gasteiger partial charge in [-0.3, -0.25) is 9.59 Å². The Morgan fingerprint density at radius 2 is 1.88 bits per heavy atom. The molecule has 0 fully saturated rings. The second-order valence-corrected chi connectivity index (χ2v) is 9.02. The molecular weight excluding hydrogens is 420 g/mol. The number of aromatic nitrogens is 2. The fourth-order valence-corrected chi connectivity index (χ4v) is 4.70. The minimum atomic E-state index is -0.197. The number of carbonyl (C=O) groups is 2. The van der Waals surface area contributed by atoms with Crippen molar-refractivity contribution in [3.8, 4) is 10.6 Å². The van der Waals surface area contributed by atoms with E-state index in [0.29, 0.717) is 14.6 Å². The predicted molar refractivity (Wildman–Crippen MR) is 107 cm³/mol. The number of thioether (sulfide) groups is 1. The van der Waals surface area contributed by atoms with E-state index in [1.54, 1.807) is 11.6 Å². The van der Waals surface area contributed by atoms with Gasteiger partial charge in [-0.2, -0.15) is 0 Å². The van der Waals surface area contributed by atoms with Gasteiger partial charge in [0.15, 0.2) is 10.3 Å².